The van der Waals surface area contributed by atoms with E-state index in [1.807, 2.05) is 18.2 Å². The molecule has 21 heavy (non-hydrogen) atoms. The standard InChI is InChI=1S/C14H9BrN2O4/c15-13-8(3-4-18-13)12-11(14(16)21-17-12)7-1-2-9-10(5-7)20-6-19-9/h1-5H,6,16H2. The quantitative estimate of drug-likeness (QED) is 0.760. The summed E-state index contributed by atoms with van der Waals surface area (Å²) in [5, 5.41) is 4.03. The molecule has 2 aromatic heterocycles. The van der Waals surface area contributed by atoms with E-state index in [2.05, 4.69) is 21.1 Å². The van der Waals surface area contributed by atoms with Crippen molar-refractivity contribution in [3.8, 4) is 33.9 Å². The summed E-state index contributed by atoms with van der Waals surface area (Å²) in [7, 11) is 0. The smallest absolute Gasteiger partial charge is 0.231 e. The lowest BCUT2D eigenvalue weighted by Gasteiger charge is -2.03. The van der Waals surface area contributed by atoms with Gasteiger partial charge >= 0.3 is 0 Å². The predicted octanol–water partition coefficient (Wildman–Crippen LogP) is 3.68. The van der Waals surface area contributed by atoms with Crippen LogP contribution in [0.1, 0.15) is 0 Å². The summed E-state index contributed by atoms with van der Waals surface area (Å²) in [5.74, 6) is 1.61. The van der Waals surface area contributed by atoms with Gasteiger partial charge in [0.2, 0.25) is 12.7 Å². The molecule has 0 spiro atoms. The minimum Gasteiger partial charge on any atom is -0.457 e. The predicted molar refractivity (Wildman–Crippen MR) is 77.9 cm³/mol. The monoisotopic (exact) mass is 348 g/mol. The van der Waals surface area contributed by atoms with Gasteiger partial charge in [0.15, 0.2) is 16.2 Å². The van der Waals surface area contributed by atoms with E-state index in [1.54, 1.807) is 12.3 Å². The van der Waals surface area contributed by atoms with Crippen molar-refractivity contribution in [2.45, 2.75) is 0 Å². The second-order valence-corrected chi connectivity index (χ2v) is 5.17. The van der Waals surface area contributed by atoms with Gasteiger partial charge in [-0.15, -0.1) is 0 Å². The van der Waals surface area contributed by atoms with Gasteiger partial charge in [-0.3, -0.25) is 0 Å². The van der Waals surface area contributed by atoms with Gasteiger partial charge in [-0.2, -0.15) is 0 Å². The Balaban J connectivity index is 1.89. The Labute approximate surface area is 127 Å². The molecule has 0 aliphatic carbocycles. The molecule has 1 aliphatic rings. The molecule has 7 heteroatoms. The van der Waals surface area contributed by atoms with Gasteiger partial charge in [-0.1, -0.05) is 11.2 Å². The Morgan fingerprint density at radius 3 is 2.81 bits per heavy atom. The number of fused-ring (bicyclic) bond motifs is 1. The van der Waals surface area contributed by atoms with Crippen LogP contribution in [0.3, 0.4) is 0 Å². The molecule has 4 rings (SSSR count). The van der Waals surface area contributed by atoms with Crippen molar-refractivity contribution in [3.63, 3.8) is 0 Å². The zero-order valence-electron chi connectivity index (χ0n) is 10.6. The molecule has 1 aliphatic heterocycles. The fourth-order valence-electron chi connectivity index (χ4n) is 2.28. The average molecular weight is 349 g/mol. The van der Waals surface area contributed by atoms with Crippen LogP contribution < -0.4 is 15.2 Å². The first-order chi connectivity index (χ1) is 10.2. The molecular formula is C14H9BrN2O4. The number of aromatic nitrogens is 1. The Bertz CT molecular complexity index is 824. The highest BCUT2D eigenvalue weighted by molar-refractivity contribution is 9.10. The molecule has 3 aromatic rings. The van der Waals surface area contributed by atoms with Crippen molar-refractivity contribution < 1.29 is 18.4 Å². The van der Waals surface area contributed by atoms with Crippen molar-refractivity contribution in [1.82, 2.24) is 5.16 Å². The normalized spacial score (nSPS) is 12.8. The first-order valence-electron chi connectivity index (χ1n) is 6.12. The second kappa shape index (κ2) is 4.56. The van der Waals surface area contributed by atoms with E-state index < -0.39 is 0 Å². The molecule has 0 bridgehead atoms. The number of benzene rings is 1. The molecule has 0 saturated heterocycles. The van der Waals surface area contributed by atoms with E-state index >= 15 is 0 Å². The number of nitrogens with two attached hydrogens (primary N) is 1. The Morgan fingerprint density at radius 1 is 1.14 bits per heavy atom. The Kier molecular flexibility index (Phi) is 2.68. The molecule has 2 N–H and O–H groups in total. The third kappa shape index (κ3) is 1.89. The summed E-state index contributed by atoms with van der Waals surface area (Å²) in [6.45, 7) is 0.220. The van der Waals surface area contributed by atoms with Gasteiger partial charge in [0, 0.05) is 0 Å². The second-order valence-electron chi connectivity index (χ2n) is 4.45. The van der Waals surface area contributed by atoms with Crippen LogP contribution in [0.25, 0.3) is 22.4 Å². The van der Waals surface area contributed by atoms with E-state index in [9.17, 15) is 0 Å². The molecule has 106 valence electrons. The molecule has 0 unspecified atom stereocenters. The van der Waals surface area contributed by atoms with Gasteiger partial charge in [-0.25, -0.2) is 0 Å². The summed E-state index contributed by atoms with van der Waals surface area (Å²) in [6, 6.07) is 7.35. The zero-order chi connectivity index (χ0) is 14.4. The van der Waals surface area contributed by atoms with Crippen LogP contribution >= 0.6 is 15.9 Å². The third-order valence-corrected chi connectivity index (χ3v) is 3.87. The number of ether oxygens (including phenoxy) is 2. The van der Waals surface area contributed by atoms with Crippen LogP contribution in [0.2, 0.25) is 0 Å². The molecule has 0 radical (unpaired) electrons. The Hall–Kier alpha value is -2.41. The summed E-state index contributed by atoms with van der Waals surface area (Å²) in [5.41, 5.74) is 8.82. The van der Waals surface area contributed by atoms with Crippen LogP contribution in [0.4, 0.5) is 5.88 Å². The number of furan rings is 1. The highest BCUT2D eigenvalue weighted by Gasteiger charge is 2.23. The molecule has 0 fully saturated rings. The summed E-state index contributed by atoms with van der Waals surface area (Å²) >= 11 is 3.33. The van der Waals surface area contributed by atoms with Crippen LogP contribution in [-0.4, -0.2) is 11.9 Å². The topological polar surface area (TPSA) is 83.7 Å². The lowest BCUT2D eigenvalue weighted by atomic mass is 10.0. The minimum absolute atomic E-state index is 0.220. The van der Waals surface area contributed by atoms with Crippen LogP contribution in [0.5, 0.6) is 11.5 Å². The maximum atomic E-state index is 5.93. The van der Waals surface area contributed by atoms with Crippen molar-refractivity contribution in [2.75, 3.05) is 12.5 Å². The first-order valence-corrected chi connectivity index (χ1v) is 6.92. The lowest BCUT2D eigenvalue weighted by molar-refractivity contribution is 0.174. The number of anilines is 1. The van der Waals surface area contributed by atoms with Gasteiger partial charge in [0.05, 0.1) is 17.4 Å². The summed E-state index contributed by atoms with van der Waals surface area (Å²) in [4.78, 5) is 0. The molecule has 1 aromatic carbocycles. The van der Waals surface area contributed by atoms with Gasteiger partial charge < -0.3 is 24.1 Å². The van der Waals surface area contributed by atoms with Crippen LogP contribution in [-0.2, 0) is 0 Å². The number of rotatable bonds is 2. The van der Waals surface area contributed by atoms with Gasteiger partial charge in [-0.05, 0) is 39.7 Å². The number of hydrogen-bond acceptors (Lipinski definition) is 6. The van der Waals surface area contributed by atoms with Crippen molar-refractivity contribution in [2.24, 2.45) is 0 Å². The van der Waals surface area contributed by atoms with E-state index in [1.165, 1.54) is 0 Å². The molecule has 3 heterocycles. The number of halogens is 1. The maximum absolute atomic E-state index is 5.93. The Morgan fingerprint density at radius 2 is 2.00 bits per heavy atom. The summed E-state index contributed by atoms with van der Waals surface area (Å²) < 4.78 is 21.6. The molecule has 0 amide bonds. The van der Waals surface area contributed by atoms with Crippen LogP contribution in [0, 0.1) is 0 Å². The SMILES string of the molecule is Nc1onc(-c2ccoc2Br)c1-c1ccc2c(c1)OCO2. The highest BCUT2D eigenvalue weighted by atomic mass is 79.9. The van der Waals surface area contributed by atoms with Crippen molar-refractivity contribution >= 4 is 21.8 Å². The van der Waals surface area contributed by atoms with E-state index in [4.69, 9.17) is 24.1 Å². The minimum atomic E-state index is 0.220. The fraction of sp³-hybridized carbons (Fsp3) is 0.0714. The first kappa shape index (κ1) is 12.3. The molecular weight excluding hydrogens is 340 g/mol. The largest absolute Gasteiger partial charge is 0.457 e. The number of nitrogen functional groups attached to an aromatic ring is 1. The molecule has 0 saturated carbocycles. The van der Waals surface area contributed by atoms with Gasteiger partial charge in [0.1, 0.15) is 5.69 Å². The van der Waals surface area contributed by atoms with E-state index in [0.29, 0.717) is 27.4 Å². The fourth-order valence-corrected chi connectivity index (χ4v) is 2.71. The van der Waals surface area contributed by atoms with Crippen molar-refractivity contribution in [3.05, 3.63) is 35.2 Å². The third-order valence-electron chi connectivity index (χ3n) is 3.25. The van der Waals surface area contributed by atoms with Crippen molar-refractivity contribution in [1.29, 1.82) is 0 Å². The van der Waals surface area contributed by atoms with Gasteiger partial charge in [0.25, 0.3) is 0 Å². The summed E-state index contributed by atoms with van der Waals surface area (Å²) in [6.07, 6.45) is 1.56. The highest BCUT2D eigenvalue weighted by Crippen LogP contribution is 2.43. The molecule has 0 atom stereocenters. The van der Waals surface area contributed by atoms with Crippen LogP contribution in [0.15, 0.2) is 44.1 Å². The van der Waals surface area contributed by atoms with E-state index in [0.717, 1.165) is 11.1 Å². The van der Waals surface area contributed by atoms with E-state index in [-0.39, 0.29) is 12.7 Å². The molecule has 6 nitrogen and oxygen atoms in total. The maximum Gasteiger partial charge on any atom is 0.231 e. The lowest BCUT2D eigenvalue weighted by Crippen LogP contribution is -1.92. The number of hydrogen-bond donors (Lipinski definition) is 1. The zero-order valence-corrected chi connectivity index (χ0v) is 12.2. The average Bonchev–Trinajstić information content (AvgIpc) is 3.17. The number of nitrogens with zero attached hydrogens (tertiary/aromatic N) is 1.